The number of hydrogen-bond donors (Lipinski definition) is 0. The Labute approximate surface area is 134 Å². The minimum absolute atomic E-state index is 0.0972. The Kier molecular flexibility index (Phi) is 7.26. The van der Waals surface area contributed by atoms with Crippen LogP contribution in [0.1, 0.15) is 12.5 Å². The number of amides is 1. The van der Waals surface area contributed by atoms with Crippen molar-refractivity contribution in [3.05, 3.63) is 46.5 Å². The van der Waals surface area contributed by atoms with E-state index >= 15 is 0 Å². The van der Waals surface area contributed by atoms with Gasteiger partial charge in [-0.3, -0.25) is 9.59 Å². The first kappa shape index (κ1) is 17.5. The molecule has 0 atom stereocenters. The van der Waals surface area contributed by atoms with Gasteiger partial charge in [0.15, 0.2) is 0 Å². The van der Waals surface area contributed by atoms with Gasteiger partial charge in [0, 0.05) is 6.54 Å². The number of carbonyl (C=O) groups excluding carboxylic acids is 2. The van der Waals surface area contributed by atoms with Gasteiger partial charge in [0.1, 0.15) is 6.54 Å². The van der Waals surface area contributed by atoms with E-state index in [9.17, 15) is 9.59 Å². The zero-order valence-corrected chi connectivity index (χ0v) is 13.3. The van der Waals surface area contributed by atoms with Crippen LogP contribution in [0.4, 0.5) is 0 Å². The zero-order valence-electron chi connectivity index (χ0n) is 11.8. The first-order valence-electron chi connectivity index (χ1n) is 6.46. The molecule has 0 aliphatic heterocycles. The SMILES string of the molecule is C=CCN(CC(=O)OCC)C(=O)Cc1ccc(Cl)c(Cl)c1. The predicted octanol–water partition coefficient (Wildman–Crippen LogP) is 3.11. The number of rotatable bonds is 7. The number of ether oxygens (including phenoxy) is 1. The number of benzene rings is 1. The summed E-state index contributed by atoms with van der Waals surface area (Å²) in [6.45, 7) is 5.76. The van der Waals surface area contributed by atoms with Gasteiger partial charge < -0.3 is 9.64 Å². The minimum atomic E-state index is -0.443. The van der Waals surface area contributed by atoms with Gasteiger partial charge in [-0.25, -0.2) is 0 Å². The quantitative estimate of drug-likeness (QED) is 0.570. The van der Waals surface area contributed by atoms with Crippen molar-refractivity contribution < 1.29 is 14.3 Å². The highest BCUT2D eigenvalue weighted by atomic mass is 35.5. The van der Waals surface area contributed by atoms with Crippen LogP contribution in [-0.2, 0) is 20.7 Å². The second-order valence-electron chi connectivity index (χ2n) is 4.29. The molecule has 1 amide bonds. The maximum absolute atomic E-state index is 12.2. The van der Waals surface area contributed by atoms with Crippen molar-refractivity contribution in [3.8, 4) is 0 Å². The Bertz CT molecular complexity index is 532. The molecule has 0 aliphatic carbocycles. The average Bonchev–Trinajstić information content (AvgIpc) is 2.42. The normalized spacial score (nSPS) is 10.0. The number of halogens is 2. The highest BCUT2D eigenvalue weighted by Crippen LogP contribution is 2.23. The number of carbonyl (C=O) groups is 2. The van der Waals surface area contributed by atoms with Gasteiger partial charge in [-0.2, -0.15) is 0 Å². The van der Waals surface area contributed by atoms with Gasteiger partial charge in [0.2, 0.25) is 5.91 Å². The summed E-state index contributed by atoms with van der Waals surface area (Å²) in [5.41, 5.74) is 0.729. The molecule has 1 aromatic carbocycles. The fourth-order valence-corrected chi connectivity index (χ4v) is 2.03. The van der Waals surface area contributed by atoms with Gasteiger partial charge >= 0.3 is 5.97 Å². The lowest BCUT2D eigenvalue weighted by Crippen LogP contribution is -2.37. The van der Waals surface area contributed by atoms with Crippen LogP contribution >= 0.6 is 23.2 Å². The number of esters is 1. The molecule has 0 aliphatic rings. The molecule has 1 rings (SSSR count). The summed E-state index contributed by atoms with van der Waals surface area (Å²) < 4.78 is 4.85. The molecule has 0 radical (unpaired) electrons. The van der Waals surface area contributed by atoms with E-state index in [1.807, 2.05) is 0 Å². The maximum Gasteiger partial charge on any atom is 0.325 e. The van der Waals surface area contributed by atoms with E-state index in [0.29, 0.717) is 10.0 Å². The molecule has 6 heteroatoms. The van der Waals surface area contributed by atoms with Crippen molar-refractivity contribution in [2.45, 2.75) is 13.3 Å². The Morgan fingerprint density at radius 3 is 2.62 bits per heavy atom. The Balaban J connectivity index is 2.73. The van der Waals surface area contributed by atoms with Gasteiger partial charge in [0.05, 0.1) is 23.1 Å². The van der Waals surface area contributed by atoms with Crippen molar-refractivity contribution in [3.63, 3.8) is 0 Å². The predicted molar refractivity (Wildman–Crippen MR) is 83.6 cm³/mol. The molecule has 0 N–H and O–H groups in total. The molecule has 114 valence electrons. The third kappa shape index (κ3) is 5.78. The van der Waals surface area contributed by atoms with Crippen molar-refractivity contribution in [2.24, 2.45) is 0 Å². The zero-order chi connectivity index (χ0) is 15.8. The molecule has 0 saturated carbocycles. The van der Waals surface area contributed by atoms with Gasteiger partial charge in [-0.15, -0.1) is 6.58 Å². The molecule has 1 aromatic rings. The second kappa shape index (κ2) is 8.70. The van der Waals surface area contributed by atoms with Crippen LogP contribution in [0.3, 0.4) is 0 Å². The maximum atomic E-state index is 12.2. The minimum Gasteiger partial charge on any atom is -0.465 e. The van der Waals surface area contributed by atoms with Crippen molar-refractivity contribution in [2.75, 3.05) is 19.7 Å². The molecular formula is C15H17Cl2NO3. The molecular weight excluding hydrogens is 313 g/mol. The van der Waals surface area contributed by atoms with Crippen LogP contribution in [-0.4, -0.2) is 36.5 Å². The summed E-state index contributed by atoms with van der Waals surface area (Å²) in [4.78, 5) is 25.1. The molecule has 0 aromatic heterocycles. The highest BCUT2D eigenvalue weighted by Gasteiger charge is 2.17. The number of hydrogen-bond acceptors (Lipinski definition) is 3. The monoisotopic (exact) mass is 329 g/mol. The molecule has 4 nitrogen and oxygen atoms in total. The lowest BCUT2D eigenvalue weighted by Gasteiger charge is -2.20. The molecule has 0 unspecified atom stereocenters. The highest BCUT2D eigenvalue weighted by molar-refractivity contribution is 6.42. The van der Waals surface area contributed by atoms with Crippen LogP contribution in [0.15, 0.2) is 30.9 Å². The van der Waals surface area contributed by atoms with E-state index in [0.717, 1.165) is 5.56 Å². The first-order chi connectivity index (χ1) is 9.97. The van der Waals surface area contributed by atoms with E-state index in [2.05, 4.69) is 6.58 Å². The average molecular weight is 330 g/mol. The third-order valence-electron chi connectivity index (χ3n) is 2.67. The van der Waals surface area contributed by atoms with Crippen LogP contribution in [0.25, 0.3) is 0 Å². The Hall–Kier alpha value is -1.52. The fraction of sp³-hybridized carbons (Fsp3) is 0.333. The fourth-order valence-electron chi connectivity index (χ4n) is 1.71. The summed E-state index contributed by atoms with van der Waals surface area (Å²) >= 11 is 11.7. The van der Waals surface area contributed by atoms with Crippen LogP contribution in [0, 0.1) is 0 Å². The molecule has 0 spiro atoms. The number of nitrogens with zero attached hydrogens (tertiary/aromatic N) is 1. The molecule has 0 heterocycles. The van der Waals surface area contributed by atoms with Crippen LogP contribution < -0.4 is 0 Å². The van der Waals surface area contributed by atoms with Gasteiger partial charge in [-0.1, -0.05) is 35.3 Å². The van der Waals surface area contributed by atoms with Crippen molar-refractivity contribution in [1.29, 1.82) is 0 Å². The largest absolute Gasteiger partial charge is 0.465 e. The van der Waals surface area contributed by atoms with Gasteiger partial charge in [0.25, 0.3) is 0 Å². The summed E-state index contributed by atoms with van der Waals surface area (Å²) in [5, 5.41) is 0.824. The smallest absolute Gasteiger partial charge is 0.325 e. The first-order valence-corrected chi connectivity index (χ1v) is 7.21. The van der Waals surface area contributed by atoms with Crippen LogP contribution in [0.5, 0.6) is 0 Å². The third-order valence-corrected chi connectivity index (χ3v) is 3.41. The summed E-state index contributed by atoms with van der Waals surface area (Å²) in [6, 6.07) is 5.00. The van der Waals surface area contributed by atoms with Crippen molar-refractivity contribution in [1.82, 2.24) is 4.90 Å². The van der Waals surface area contributed by atoms with Gasteiger partial charge in [-0.05, 0) is 24.6 Å². The van der Waals surface area contributed by atoms with E-state index in [1.165, 1.54) is 4.90 Å². The lowest BCUT2D eigenvalue weighted by molar-refractivity contribution is -0.148. The van der Waals surface area contributed by atoms with E-state index in [1.54, 1.807) is 31.2 Å². The van der Waals surface area contributed by atoms with Crippen molar-refractivity contribution >= 4 is 35.1 Å². The Morgan fingerprint density at radius 2 is 2.05 bits per heavy atom. The van der Waals surface area contributed by atoms with Crippen LogP contribution in [0.2, 0.25) is 10.0 Å². The summed E-state index contributed by atoms with van der Waals surface area (Å²) in [7, 11) is 0. The van der Waals surface area contributed by atoms with E-state index in [-0.39, 0.29) is 32.0 Å². The molecule has 0 saturated heterocycles. The van der Waals surface area contributed by atoms with E-state index < -0.39 is 5.97 Å². The standard InChI is InChI=1S/C15H17Cl2NO3/c1-3-7-18(10-15(20)21-4-2)14(19)9-11-5-6-12(16)13(17)8-11/h3,5-6,8H,1,4,7,9-10H2,2H3. The van der Waals surface area contributed by atoms with E-state index in [4.69, 9.17) is 27.9 Å². The second-order valence-corrected chi connectivity index (χ2v) is 5.11. The summed E-state index contributed by atoms with van der Waals surface area (Å²) in [6.07, 6.45) is 1.69. The summed E-state index contributed by atoms with van der Waals surface area (Å²) in [5.74, 6) is -0.650. The topological polar surface area (TPSA) is 46.6 Å². The molecule has 21 heavy (non-hydrogen) atoms. The lowest BCUT2D eigenvalue weighted by atomic mass is 10.1. The molecule has 0 bridgehead atoms. The Morgan fingerprint density at radius 1 is 1.33 bits per heavy atom. The molecule has 0 fully saturated rings.